The molecule has 1 fully saturated rings. The lowest BCUT2D eigenvalue weighted by atomic mass is 10.0. The van der Waals surface area contributed by atoms with E-state index in [4.69, 9.17) is 16.1 Å². The van der Waals surface area contributed by atoms with Gasteiger partial charge in [-0.05, 0) is 12.1 Å². The molecule has 0 bridgehead atoms. The fourth-order valence-corrected chi connectivity index (χ4v) is 1.83. The van der Waals surface area contributed by atoms with E-state index in [1.807, 2.05) is 24.3 Å². The Morgan fingerprint density at radius 3 is 2.81 bits per heavy atom. The summed E-state index contributed by atoms with van der Waals surface area (Å²) in [4.78, 5) is 4.36. The molecule has 0 saturated carbocycles. The number of benzene rings is 1. The molecule has 0 aliphatic carbocycles. The maximum absolute atomic E-state index is 6.06. The molecule has 0 unspecified atom stereocenters. The van der Waals surface area contributed by atoms with Crippen LogP contribution in [-0.2, 0) is 0 Å². The molecular formula is C11H10ClN3O. The van der Waals surface area contributed by atoms with Crippen LogP contribution >= 0.6 is 11.6 Å². The average molecular weight is 236 g/mol. The minimum Gasteiger partial charge on any atom is -0.334 e. The van der Waals surface area contributed by atoms with Crippen LogP contribution in [0.4, 0.5) is 0 Å². The highest BCUT2D eigenvalue weighted by Gasteiger charge is 2.24. The highest BCUT2D eigenvalue weighted by Crippen LogP contribution is 2.27. The third-order valence-corrected chi connectivity index (χ3v) is 3.02. The molecule has 0 radical (unpaired) electrons. The first-order chi connectivity index (χ1) is 7.84. The summed E-state index contributed by atoms with van der Waals surface area (Å²) in [5.41, 5.74) is 0.787. The Morgan fingerprint density at radius 1 is 1.31 bits per heavy atom. The minimum atomic E-state index is 0.375. The van der Waals surface area contributed by atoms with E-state index >= 15 is 0 Å². The van der Waals surface area contributed by atoms with E-state index in [9.17, 15) is 0 Å². The highest BCUT2D eigenvalue weighted by molar-refractivity contribution is 6.33. The Morgan fingerprint density at radius 2 is 2.12 bits per heavy atom. The number of hydrogen-bond acceptors (Lipinski definition) is 4. The van der Waals surface area contributed by atoms with Gasteiger partial charge in [0.2, 0.25) is 0 Å². The topological polar surface area (TPSA) is 51.0 Å². The van der Waals surface area contributed by atoms with Crippen molar-refractivity contribution in [2.45, 2.75) is 5.92 Å². The summed E-state index contributed by atoms with van der Waals surface area (Å²) in [5.74, 6) is 1.63. The minimum absolute atomic E-state index is 0.375. The van der Waals surface area contributed by atoms with E-state index in [1.165, 1.54) is 0 Å². The first kappa shape index (κ1) is 9.81. The molecule has 1 aromatic heterocycles. The normalized spacial score (nSPS) is 16.1. The van der Waals surface area contributed by atoms with Gasteiger partial charge in [0.15, 0.2) is 5.82 Å². The van der Waals surface area contributed by atoms with Gasteiger partial charge in [-0.15, -0.1) is 0 Å². The van der Waals surface area contributed by atoms with E-state index in [0.717, 1.165) is 24.5 Å². The molecule has 1 aliphatic rings. The predicted octanol–water partition coefficient (Wildman–Crippen LogP) is 2.08. The van der Waals surface area contributed by atoms with Gasteiger partial charge in [0.25, 0.3) is 5.89 Å². The van der Waals surface area contributed by atoms with Gasteiger partial charge < -0.3 is 9.84 Å². The zero-order valence-corrected chi connectivity index (χ0v) is 9.24. The van der Waals surface area contributed by atoms with Crippen molar-refractivity contribution >= 4 is 11.6 Å². The predicted molar refractivity (Wildman–Crippen MR) is 60.4 cm³/mol. The lowest BCUT2D eigenvalue weighted by Gasteiger charge is -2.23. The van der Waals surface area contributed by atoms with Crippen LogP contribution in [0.25, 0.3) is 11.5 Å². The van der Waals surface area contributed by atoms with Crippen molar-refractivity contribution in [1.29, 1.82) is 0 Å². The second-order valence-electron chi connectivity index (χ2n) is 3.79. The smallest absolute Gasteiger partial charge is 0.259 e. The van der Waals surface area contributed by atoms with Gasteiger partial charge in [0, 0.05) is 19.0 Å². The summed E-state index contributed by atoms with van der Waals surface area (Å²) in [6.45, 7) is 1.84. The van der Waals surface area contributed by atoms with Crippen LogP contribution in [0.5, 0.6) is 0 Å². The Balaban J connectivity index is 1.95. The molecule has 82 valence electrons. The van der Waals surface area contributed by atoms with Crippen molar-refractivity contribution in [3.8, 4) is 11.5 Å². The summed E-state index contributed by atoms with van der Waals surface area (Å²) in [5, 5.41) is 7.77. The number of rotatable bonds is 2. The molecule has 1 saturated heterocycles. The molecule has 16 heavy (non-hydrogen) atoms. The Hall–Kier alpha value is -1.39. The van der Waals surface area contributed by atoms with Crippen molar-refractivity contribution in [2.24, 2.45) is 0 Å². The van der Waals surface area contributed by atoms with Gasteiger partial charge >= 0.3 is 0 Å². The van der Waals surface area contributed by atoms with Crippen LogP contribution in [0.1, 0.15) is 11.7 Å². The lowest BCUT2D eigenvalue weighted by molar-refractivity contribution is 0.382. The van der Waals surface area contributed by atoms with Crippen LogP contribution in [0.15, 0.2) is 28.8 Å². The van der Waals surface area contributed by atoms with Crippen LogP contribution < -0.4 is 5.32 Å². The zero-order chi connectivity index (χ0) is 11.0. The first-order valence-corrected chi connectivity index (χ1v) is 5.51. The number of aromatic nitrogens is 2. The molecule has 5 heteroatoms. The fourth-order valence-electron chi connectivity index (χ4n) is 1.62. The van der Waals surface area contributed by atoms with Crippen molar-refractivity contribution in [1.82, 2.24) is 15.5 Å². The monoisotopic (exact) mass is 235 g/mol. The Bertz CT molecular complexity index is 507. The van der Waals surface area contributed by atoms with Crippen molar-refractivity contribution < 1.29 is 4.52 Å². The quantitative estimate of drug-likeness (QED) is 0.866. The van der Waals surface area contributed by atoms with E-state index < -0.39 is 0 Å². The molecule has 0 spiro atoms. The average Bonchev–Trinajstić information content (AvgIpc) is 2.65. The molecule has 0 atom stereocenters. The first-order valence-electron chi connectivity index (χ1n) is 5.14. The van der Waals surface area contributed by atoms with Crippen molar-refractivity contribution in [2.75, 3.05) is 13.1 Å². The molecule has 1 aliphatic heterocycles. The van der Waals surface area contributed by atoms with Gasteiger partial charge in [0.05, 0.1) is 10.6 Å². The maximum Gasteiger partial charge on any atom is 0.259 e. The SMILES string of the molecule is Clc1ccccc1-c1nc(C2CNC2)no1. The van der Waals surface area contributed by atoms with E-state index in [1.54, 1.807) is 0 Å². The summed E-state index contributed by atoms with van der Waals surface area (Å²) in [7, 11) is 0. The summed E-state index contributed by atoms with van der Waals surface area (Å²) < 4.78 is 5.22. The lowest BCUT2D eigenvalue weighted by Crippen LogP contribution is -2.40. The summed E-state index contributed by atoms with van der Waals surface area (Å²) >= 11 is 6.06. The second-order valence-corrected chi connectivity index (χ2v) is 4.20. The van der Waals surface area contributed by atoms with Crippen molar-refractivity contribution in [3.63, 3.8) is 0 Å². The number of halogens is 1. The standard InChI is InChI=1S/C11H10ClN3O/c12-9-4-2-1-3-8(9)11-14-10(15-16-11)7-5-13-6-7/h1-4,7,13H,5-6H2. The molecule has 2 heterocycles. The second kappa shape index (κ2) is 3.88. The van der Waals surface area contributed by atoms with E-state index in [0.29, 0.717) is 16.8 Å². The van der Waals surface area contributed by atoms with E-state index in [-0.39, 0.29) is 0 Å². The van der Waals surface area contributed by atoms with Crippen LogP contribution in [0.2, 0.25) is 5.02 Å². The molecule has 2 aromatic rings. The third-order valence-electron chi connectivity index (χ3n) is 2.69. The number of nitrogens with zero attached hydrogens (tertiary/aromatic N) is 2. The van der Waals surface area contributed by atoms with Crippen LogP contribution in [-0.4, -0.2) is 23.2 Å². The highest BCUT2D eigenvalue weighted by atomic mass is 35.5. The molecule has 1 N–H and O–H groups in total. The van der Waals surface area contributed by atoms with Crippen molar-refractivity contribution in [3.05, 3.63) is 35.1 Å². The zero-order valence-electron chi connectivity index (χ0n) is 8.48. The van der Waals surface area contributed by atoms with Crippen LogP contribution in [0, 0.1) is 0 Å². The third kappa shape index (κ3) is 1.60. The van der Waals surface area contributed by atoms with Gasteiger partial charge in [-0.25, -0.2) is 0 Å². The molecule has 0 amide bonds. The molecular weight excluding hydrogens is 226 g/mol. The Kier molecular flexibility index (Phi) is 2.38. The van der Waals surface area contributed by atoms with Gasteiger partial charge in [-0.3, -0.25) is 0 Å². The van der Waals surface area contributed by atoms with Gasteiger partial charge in [-0.2, -0.15) is 4.98 Å². The summed E-state index contributed by atoms with van der Waals surface area (Å²) in [6, 6.07) is 7.46. The molecule has 3 rings (SSSR count). The maximum atomic E-state index is 6.06. The Labute approximate surface area is 97.6 Å². The largest absolute Gasteiger partial charge is 0.334 e. The number of hydrogen-bond donors (Lipinski definition) is 1. The fraction of sp³-hybridized carbons (Fsp3) is 0.273. The number of nitrogens with one attached hydrogen (secondary N) is 1. The summed E-state index contributed by atoms with van der Waals surface area (Å²) in [6.07, 6.45) is 0. The molecule has 1 aromatic carbocycles. The van der Waals surface area contributed by atoms with E-state index in [2.05, 4.69) is 15.5 Å². The van der Waals surface area contributed by atoms with Gasteiger partial charge in [0.1, 0.15) is 0 Å². The van der Waals surface area contributed by atoms with Gasteiger partial charge in [-0.1, -0.05) is 28.9 Å². The van der Waals surface area contributed by atoms with Crippen LogP contribution in [0.3, 0.4) is 0 Å². The molecule has 4 nitrogen and oxygen atoms in total.